The summed E-state index contributed by atoms with van der Waals surface area (Å²) in [6.45, 7) is 12.8. The first kappa shape index (κ1) is 15.5. The summed E-state index contributed by atoms with van der Waals surface area (Å²) in [5.41, 5.74) is 1.36. The van der Waals surface area contributed by atoms with Crippen LogP contribution in [0.3, 0.4) is 0 Å². The molecule has 1 aliphatic rings. The second kappa shape index (κ2) is 7.81. The van der Waals surface area contributed by atoms with E-state index in [2.05, 4.69) is 54.0 Å². The quantitative estimate of drug-likeness (QED) is 0.830. The van der Waals surface area contributed by atoms with Crippen molar-refractivity contribution in [2.75, 3.05) is 32.8 Å². The molecule has 1 aliphatic heterocycles. The molecule has 0 spiro atoms. The molecule has 114 valence electrons. The maximum atomic E-state index is 5.87. The average Bonchev–Trinajstić information content (AvgIpc) is 2.93. The highest BCUT2D eigenvalue weighted by Crippen LogP contribution is 2.14. The molecule has 20 heavy (non-hydrogen) atoms. The summed E-state index contributed by atoms with van der Waals surface area (Å²) in [4.78, 5) is 2.46. The largest absolute Gasteiger partial charge is 0.374 e. The van der Waals surface area contributed by atoms with Crippen molar-refractivity contribution in [3.8, 4) is 0 Å². The number of nitrogens with one attached hydrogen (secondary N) is 1. The second-order valence-electron chi connectivity index (χ2n) is 5.70. The van der Waals surface area contributed by atoms with Crippen LogP contribution in [0.25, 0.3) is 0 Å². The van der Waals surface area contributed by atoms with E-state index in [-0.39, 0.29) is 0 Å². The van der Waals surface area contributed by atoms with Crippen LogP contribution in [0.15, 0.2) is 18.5 Å². The van der Waals surface area contributed by atoms with Gasteiger partial charge in [0.15, 0.2) is 0 Å². The van der Waals surface area contributed by atoms with E-state index in [0.29, 0.717) is 12.1 Å². The van der Waals surface area contributed by atoms with E-state index in [1.54, 1.807) is 0 Å². The van der Waals surface area contributed by atoms with E-state index < -0.39 is 0 Å². The lowest BCUT2D eigenvalue weighted by Crippen LogP contribution is -2.43. The molecule has 4 nitrogen and oxygen atoms in total. The Kier molecular flexibility index (Phi) is 6.07. The number of likely N-dealkylation sites (N-methyl/N-ethyl adjacent to an activating group) is 1. The van der Waals surface area contributed by atoms with Gasteiger partial charge in [0, 0.05) is 38.1 Å². The number of hydrogen-bond donors (Lipinski definition) is 1. The molecule has 0 aromatic carbocycles. The zero-order chi connectivity index (χ0) is 14.4. The highest BCUT2D eigenvalue weighted by molar-refractivity contribution is 5.14. The fourth-order valence-corrected chi connectivity index (χ4v) is 2.72. The fraction of sp³-hybridized carbons (Fsp3) is 0.750. The van der Waals surface area contributed by atoms with Crippen molar-refractivity contribution < 1.29 is 4.74 Å². The standard InChI is InChI=1S/C16H29N3O/c1-4-7-17-14(3)15-6-8-19(11-15)13-16-12-18(5-2)9-10-20-16/h6,8,11,14,16-17H,4-5,7,9-10,12-13H2,1-3H3. The van der Waals surface area contributed by atoms with Crippen LogP contribution in [-0.4, -0.2) is 48.4 Å². The van der Waals surface area contributed by atoms with Gasteiger partial charge in [0.25, 0.3) is 0 Å². The fourth-order valence-electron chi connectivity index (χ4n) is 2.72. The minimum Gasteiger partial charge on any atom is -0.374 e. The van der Waals surface area contributed by atoms with Crippen LogP contribution in [0.4, 0.5) is 0 Å². The highest BCUT2D eigenvalue weighted by Gasteiger charge is 2.19. The van der Waals surface area contributed by atoms with E-state index >= 15 is 0 Å². The van der Waals surface area contributed by atoms with Crippen molar-refractivity contribution in [1.29, 1.82) is 0 Å². The molecule has 0 saturated carbocycles. The van der Waals surface area contributed by atoms with E-state index in [9.17, 15) is 0 Å². The minimum atomic E-state index is 0.322. The molecule has 1 N–H and O–H groups in total. The van der Waals surface area contributed by atoms with Crippen molar-refractivity contribution in [3.63, 3.8) is 0 Å². The average molecular weight is 279 g/mol. The summed E-state index contributed by atoms with van der Waals surface area (Å²) in [5.74, 6) is 0. The smallest absolute Gasteiger partial charge is 0.0880 e. The van der Waals surface area contributed by atoms with Gasteiger partial charge >= 0.3 is 0 Å². The van der Waals surface area contributed by atoms with Gasteiger partial charge in [-0.05, 0) is 38.1 Å². The maximum absolute atomic E-state index is 5.87. The second-order valence-corrected chi connectivity index (χ2v) is 5.70. The summed E-state index contributed by atoms with van der Waals surface area (Å²) in [6, 6.07) is 2.64. The Hall–Kier alpha value is -0.840. The molecule has 1 fully saturated rings. The first-order valence-electron chi connectivity index (χ1n) is 7.96. The monoisotopic (exact) mass is 279 g/mol. The van der Waals surface area contributed by atoms with E-state index in [1.807, 2.05) is 0 Å². The van der Waals surface area contributed by atoms with E-state index in [0.717, 1.165) is 39.3 Å². The van der Waals surface area contributed by atoms with Gasteiger partial charge in [-0.25, -0.2) is 0 Å². The topological polar surface area (TPSA) is 29.4 Å². The molecule has 1 aromatic heterocycles. The normalized spacial score (nSPS) is 22.1. The molecule has 2 atom stereocenters. The van der Waals surface area contributed by atoms with E-state index in [1.165, 1.54) is 12.0 Å². The SMILES string of the molecule is CCCNC(C)c1ccn(CC2CN(CC)CCO2)c1. The summed E-state index contributed by atoms with van der Waals surface area (Å²) < 4.78 is 8.14. The lowest BCUT2D eigenvalue weighted by Gasteiger charge is -2.32. The Morgan fingerprint density at radius 1 is 1.45 bits per heavy atom. The number of hydrogen-bond acceptors (Lipinski definition) is 3. The van der Waals surface area contributed by atoms with Gasteiger partial charge in [-0.1, -0.05) is 13.8 Å². The third-order valence-electron chi connectivity index (χ3n) is 4.06. The first-order valence-corrected chi connectivity index (χ1v) is 7.96. The van der Waals surface area contributed by atoms with Gasteiger partial charge in [-0.15, -0.1) is 0 Å². The summed E-state index contributed by atoms with van der Waals surface area (Å²) in [5, 5.41) is 3.53. The Morgan fingerprint density at radius 3 is 3.05 bits per heavy atom. The zero-order valence-electron chi connectivity index (χ0n) is 13.1. The Morgan fingerprint density at radius 2 is 2.30 bits per heavy atom. The molecule has 0 radical (unpaired) electrons. The molecular weight excluding hydrogens is 250 g/mol. The third kappa shape index (κ3) is 4.33. The molecule has 1 aromatic rings. The van der Waals surface area contributed by atoms with Crippen molar-refractivity contribution in [2.24, 2.45) is 0 Å². The van der Waals surface area contributed by atoms with Crippen LogP contribution in [0.2, 0.25) is 0 Å². The van der Waals surface area contributed by atoms with Crippen LogP contribution in [0.5, 0.6) is 0 Å². The molecule has 0 amide bonds. The Bertz CT molecular complexity index is 391. The van der Waals surface area contributed by atoms with Gasteiger partial charge in [0.1, 0.15) is 0 Å². The number of nitrogens with zero attached hydrogens (tertiary/aromatic N) is 2. The van der Waals surface area contributed by atoms with Crippen LogP contribution in [-0.2, 0) is 11.3 Å². The van der Waals surface area contributed by atoms with Crippen LogP contribution in [0, 0.1) is 0 Å². The van der Waals surface area contributed by atoms with Crippen molar-refractivity contribution in [1.82, 2.24) is 14.8 Å². The van der Waals surface area contributed by atoms with Crippen LogP contribution in [0.1, 0.15) is 38.8 Å². The van der Waals surface area contributed by atoms with Crippen LogP contribution >= 0.6 is 0 Å². The van der Waals surface area contributed by atoms with Gasteiger partial charge in [0.2, 0.25) is 0 Å². The van der Waals surface area contributed by atoms with Gasteiger partial charge < -0.3 is 14.6 Å². The zero-order valence-corrected chi connectivity index (χ0v) is 13.1. The number of ether oxygens (including phenoxy) is 1. The van der Waals surface area contributed by atoms with Gasteiger partial charge in [0.05, 0.1) is 12.7 Å². The summed E-state index contributed by atoms with van der Waals surface area (Å²) in [6.07, 6.45) is 5.92. The number of aromatic nitrogens is 1. The Balaban J connectivity index is 1.85. The highest BCUT2D eigenvalue weighted by atomic mass is 16.5. The molecule has 4 heteroatoms. The lowest BCUT2D eigenvalue weighted by molar-refractivity contribution is -0.0342. The third-order valence-corrected chi connectivity index (χ3v) is 4.06. The predicted octanol–water partition coefficient (Wildman–Crippen LogP) is 2.27. The first-order chi connectivity index (χ1) is 9.72. The maximum Gasteiger partial charge on any atom is 0.0880 e. The summed E-state index contributed by atoms with van der Waals surface area (Å²) in [7, 11) is 0. The minimum absolute atomic E-state index is 0.322. The van der Waals surface area contributed by atoms with E-state index in [4.69, 9.17) is 4.74 Å². The van der Waals surface area contributed by atoms with Crippen molar-refractivity contribution in [2.45, 2.75) is 45.9 Å². The molecule has 0 bridgehead atoms. The predicted molar refractivity (Wildman–Crippen MR) is 83.0 cm³/mol. The number of rotatable bonds is 7. The van der Waals surface area contributed by atoms with Crippen molar-refractivity contribution in [3.05, 3.63) is 24.0 Å². The Labute approximate surface area is 123 Å². The lowest BCUT2D eigenvalue weighted by atomic mass is 10.2. The van der Waals surface area contributed by atoms with Gasteiger partial charge in [-0.3, -0.25) is 4.90 Å². The molecule has 2 rings (SSSR count). The number of morpholine rings is 1. The molecule has 2 heterocycles. The summed E-state index contributed by atoms with van der Waals surface area (Å²) >= 11 is 0. The molecule has 2 unspecified atom stereocenters. The molecule has 1 saturated heterocycles. The van der Waals surface area contributed by atoms with Gasteiger partial charge in [-0.2, -0.15) is 0 Å². The van der Waals surface area contributed by atoms with Crippen molar-refractivity contribution >= 4 is 0 Å². The molecule has 0 aliphatic carbocycles. The molecular formula is C16H29N3O. The van der Waals surface area contributed by atoms with Crippen LogP contribution < -0.4 is 5.32 Å².